The molecular formula is C15H9BrFNOS. The van der Waals surface area contributed by atoms with Crippen molar-refractivity contribution >= 4 is 43.3 Å². The van der Waals surface area contributed by atoms with E-state index in [4.69, 9.17) is 0 Å². The number of pyridine rings is 1. The van der Waals surface area contributed by atoms with Crippen LogP contribution in [0.4, 0.5) is 4.39 Å². The van der Waals surface area contributed by atoms with E-state index in [-0.39, 0.29) is 18.0 Å². The van der Waals surface area contributed by atoms with Crippen LogP contribution in [0.2, 0.25) is 0 Å². The summed E-state index contributed by atoms with van der Waals surface area (Å²) in [7, 11) is 0. The second-order valence-corrected chi connectivity index (χ2v) is 6.23. The number of carbonyl (C=O) groups excluding carboxylic acids is 1. The first-order valence-corrected chi connectivity index (χ1v) is 7.61. The lowest BCUT2D eigenvalue weighted by Gasteiger charge is -2.04. The Balaban J connectivity index is 1.90. The molecule has 0 aliphatic heterocycles. The maximum Gasteiger partial charge on any atom is 0.168 e. The Bertz CT molecular complexity index is 799. The molecule has 2 heterocycles. The molecule has 5 heteroatoms. The molecule has 100 valence electrons. The standard InChI is InChI=1S/C15H9BrFNOS/c16-11-1-2-12(17)9(5-11)6-14(19)10-7-15-13(18-8-10)3-4-20-15/h1-5,7-8H,6H2. The number of nitrogens with zero attached hydrogens (tertiary/aromatic N) is 1. The van der Waals surface area contributed by atoms with E-state index in [9.17, 15) is 9.18 Å². The van der Waals surface area contributed by atoms with Gasteiger partial charge >= 0.3 is 0 Å². The van der Waals surface area contributed by atoms with Crippen LogP contribution in [0.3, 0.4) is 0 Å². The first-order chi connectivity index (χ1) is 9.63. The summed E-state index contributed by atoms with van der Waals surface area (Å²) in [5.41, 5.74) is 1.77. The molecular weight excluding hydrogens is 341 g/mol. The van der Waals surface area contributed by atoms with E-state index in [1.807, 2.05) is 17.5 Å². The van der Waals surface area contributed by atoms with Gasteiger partial charge in [0, 0.05) is 22.7 Å². The Kier molecular flexibility index (Phi) is 3.63. The van der Waals surface area contributed by atoms with Gasteiger partial charge < -0.3 is 0 Å². The highest BCUT2D eigenvalue weighted by Crippen LogP contribution is 2.21. The van der Waals surface area contributed by atoms with Crippen LogP contribution >= 0.6 is 27.3 Å². The van der Waals surface area contributed by atoms with E-state index >= 15 is 0 Å². The van der Waals surface area contributed by atoms with E-state index < -0.39 is 0 Å². The highest BCUT2D eigenvalue weighted by molar-refractivity contribution is 9.10. The number of halogens is 2. The molecule has 3 rings (SSSR count). The highest BCUT2D eigenvalue weighted by atomic mass is 79.9. The number of hydrogen-bond acceptors (Lipinski definition) is 3. The predicted molar refractivity (Wildman–Crippen MR) is 81.8 cm³/mol. The smallest absolute Gasteiger partial charge is 0.168 e. The van der Waals surface area contributed by atoms with Crippen molar-refractivity contribution in [2.24, 2.45) is 0 Å². The van der Waals surface area contributed by atoms with E-state index in [2.05, 4.69) is 20.9 Å². The fraction of sp³-hybridized carbons (Fsp3) is 0.0667. The maximum atomic E-state index is 13.7. The van der Waals surface area contributed by atoms with Gasteiger partial charge in [-0.15, -0.1) is 11.3 Å². The quantitative estimate of drug-likeness (QED) is 0.645. The van der Waals surface area contributed by atoms with Gasteiger partial charge in [-0.05, 0) is 41.3 Å². The second kappa shape index (κ2) is 5.42. The van der Waals surface area contributed by atoms with Gasteiger partial charge in [0.15, 0.2) is 5.78 Å². The molecule has 2 nitrogen and oxygen atoms in total. The van der Waals surface area contributed by atoms with Crippen molar-refractivity contribution in [2.75, 3.05) is 0 Å². The Labute approximate surface area is 127 Å². The van der Waals surface area contributed by atoms with E-state index in [1.165, 1.54) is 17.4 Å². The molecule has 0 fully saturated rings. The number of fused-ring (bicyclic) bond motifs is 1. The Morgan fingerprint density at radius 2 is 2.15 bits per heavy atom. The average Bonchev–Trinajstić information content (AvgIpc) is 2.90. The SMILES string of the molecule is O=C(Cc1cc(Br)ccc1F)c1cnc2ccsc2c1. The average molecular weight is 350 g/mol. The fourth-order valence-corrected chi connectivity index (χ4v) is 3.14. The lowest BCUT2D eigenvalue weighted by atomic mass is 10.0. The third kappa shape index (κ3) is 2.64. The van der Waals surface area contributed by atoms with Crippen molar-refractivity contribution < 1.29 is 9.18 Å². The number of aromatic nitrogens is 1. The number of Topliss-reactive ketones (excluding diaryl/α,β-unsaturated/α-hetero) is 1. The fourth-order valence-electron chi connectivity index (χ4n) is 1.95. The topological polar surface area (TPSA) is 30.0 Å². The van der Waals surface area contributed by atoms with Crippen LogP contribution in [-0.2, 0) is 6.42 Å². The van der Waals surface area contributed by atoms with Crippen molar-refractivity contribution in [2.45, 2.75) is 6.42 Å². The van der Waals surface area contributed by atoms with Gasteiger partial charge in [-0.25, -0.2) is 4.39 Å². The molecule has 0 atom stereocenters. The molecule has 0 saturated carbocycles. The Morgan fingerprint density at radius 1 is 1.30 bits per heavy atom. The normalized spacial score (nSPS) is 10.9. The monoisotopic (exact) mass is 349 g/mol. The summed E-state index contributed by atoms with van der Waals surface area (Å²) in [5, 5.41) is 1.93. The number of rotatable bonds is 3. The number of hydrogen-bond donors (Lipinski definition) is 0. The zero-order valence-corrected chi connectivity index (χ0v) is 12.7. The van der Waals surface area contributed by atoms with Gasteiger partial charge in [-0.3, -0.25) is 9.78 Å². The minimum absolute atomic E-state index is 0.0316. The zero-order valence-electron chi connectivity index (χ0n) is 10.3. The second-order valence-electron chi connectivity index (χ2n) is 4.36. The van der Waals surface area contributed by atoms with Crippen molar-refractivity contribution in [3.05, 3.63) is 63.3 Å². The molecule has 0 spiro atoms. The highest BCUT2D eigenvalue weighted by Gasteiger charge is 2.12. The van der Waals surface area contributed by atoms with Gasteiger partial charge in [0.25, 0.3) is 0 Å². The first kappa shape index (κ1) is 13.4. The van der Waals surface area contributed by atoms with Crippen LogP contribution in [0, 0.1) is 5.82 Å². The van der Waals surface area contributed by atoms with Crippen LogP contribution in [0.5, 0.6) is 0 Å². The molecule has 1 aromatic carbocycles. The van der Waals surface area contributed by atoms with Gasteiger partial charge in [-0.2, -0.15) is 0 Å². The largest absolute Gasteiger partial charge is 0.294 e. The zero-order chi connectivity index (χ0) is 14.1. The van der Waals surface area contributed by atoms with Gasteiger partial charge in [0.2, 0.25) is 0 Å². The minimum atomic E-state index is -0.369. The summed E-state index contributed by atoms with van der Waals surface area (Å²) in [6.07, 6.45) is 1.58. The molecule has 3 aromatic rings. The van der Waals surface area contributed by atoms with Crippen molar-refractivity contribution in [1.29, 1.82) is 0 Å². The molecule has 2 aromatic heterocycles. The number of benzene rings is 1. The lowest BCUT2D eigenvalue weighted by molar-refractivity contribution is 0.0991. The number of ketones is 1. The van der Waals surface area contributed by atoms with E-state index in [0.717, 1.165) is 14.7 Å². The van der Waals surface area contributed by atoms with Crippen LogP contribution in [-0.4, -0.2) is 10.8 Å². The van der Waals surface area contributed by atoms with Crippen LogP contribution in [0.1, 0.15) is 15.9 Å². The van der Waals surface area contributed by atoms with E-state index in [1.54, 1.807) is 18.3 Å². The van der Waals surface area contributed by atoms with Crippen molar-refractivity contribution in [3.63, 3.8) is 0 Å². The Hall–Kier alpha value is -1.59. The third-order valence-corrected chi connectivity index (χ3v) is 4.33. The summed E-state index contributed by atoms with van der Waals surface area (Å²) in [6, 6.07) is 8.31. The van der Waals surface area contributed by atoms with Gasteiger partial charge in [-0.1, -0.05) is 15.9 Å². The molecule has 0 unspecified atom stereocenters. The molecule has 0 aliphatic rings. The van der Waals surface area contributed by atoms with Gasteiger partial charge in [0.05, 0.1) is 10.2 Å². The third-order valence-electron chi connectivity index (χ3n) is 2.98. The number of carbonyl (C=O) groups is 1. The van der Waals surface area contributed by atoms with Crippen LogP contribution in [0.15, 0.2) is 46.4 Å². The van der Waals surface area contributed by atoms with E-state index in [0.29, 0.717) is 11.1 Å². The molecule has 0 N–H and O–H groups in total. The van der Waals surface area contributed by atoms with Crippen LogP contribution in [0.25, 0.3) is 10.2 Å². The molecule has 0 bridgehead atoms. The van der Waals surface area contributed by atoms with Gasteiger partial charge in [0.1, 0.15) is 5.82 Å². The molecule has 0 aliphatic carbocycles. The lowest BCUT2D eigenvalue weighted by Crippen LogP contribution is -2.05. The summed E-state index contributed by atoms with van der Waals surface area (Å²) < 4.78 is 15.4. The first-order valence-electron chi connectivity index (χ1n) is 5.94. The number of thiophene rings is 1. The molecule has 0 radical (unpaired) electrons. The molecule has 0 amide bonds. The van der Waals surface area contributed by atoms with Crippen molar-refractivity contribution in [3.8, 4) is 0 Å². The molecule has 20 heavy (non-hydrogen) atoms. The summed E-state index contributed by atoms with van der Waals surface area (Å²) in [4.78, 5) is 16.5. The summed E-state index contributed by atoms with van der Waals surface area (Å²) >= 11 is 4.82. The van der Waals surface area contributed by atoms with Crippen molar-refractivity contribution in [1.82, 2.24) is 4.98 Å². The minimum Gasteiger partial charge on any atom is -0.294 e. The predicted octanol–water partition coefficient (Wildman–Crippen LogP) is 4.62. The maximum absolute atomic E-state index is 13.7. The summed E-state index contributed by atoms with van der Waals surface area (Å²) in [6.45, 7) is 0. The summed E-state index contributed by atoms with van der Waals surface area (Å²) in [5.74, 6) is -0.503. The molecule has 0 saturated heterocycles. The van der Waals surface area contributed by atoms with Crippen LogP contribution < -0.4 is 0 Å². The Morgan fingerprint density at radius 3 is 3.00 bits per heavy atom.